The number of methoxy groups -OCH3 is 1. The molecule has 37 heavy (non-hydrogen) atoms. The van der Waals surface area contributed by atoms with Crippen molar-refractivity contribution in [1.29, 1.82) is 0 Å². The Kier molecular flexibility index (Phi) is 5.84. The van der Waals surface area contributed by atoms with E-state index in [0.717, 1.165) is 35.1 Å². The van der Waals surface area contributed by atoms with Gasteiger partial charge in [-0.05, 0) is 48.2 Å². The van der Waals surface area contributed by atoms with Crippen LogP contribution in [0.4, 0.5) is 14.5 Å². The first-order valence-electron chi connectivity index (χ1n) is 12.4. The first kappa shape index (κ1) is 23.5. The first-order chi connectivity index (χ1) is 18.0. The van der Waals surface area contributed by atoms with Gasteiger partial charge in [0.1, 0.15) is 11.6 Å². The van der Waals surface area contributed by atoms with Gasteiger partial charge in [-0.25, -0.2) is 8.78 Å². The van der Waals surface area contributed by atoms with Gasteiger partial charge in [0.15, 0.2) is 17.2 Å². The highest BCUT2D eigenvalue weighted by atomic mass is 19.1. The van der Waals surface area contributed by atoms with Crippen molar-refractivity contribution in [1.82, 2.24) is 0 Å². The van der Waals surface area contributed by atoms with Crippen molar-refractivity contribution < 1.29 is 23.0 Å². The van der Waals surface area contributed by atoms with Gasteiger partial charge >= 0.3 is 0 Å². The zero-order valence-corrected chi connectivity index (χ0v) is 20.8. The third kappa shape index (κ3) is 3.92. The van der Waals surface area contributed by atoms with Crippen LogP contribution in [0, 0.1) is 18.6 Å². The molecule has 1 unspecified atom stereocenters. The molecule has 4 nitrogen and oxygen atoms in total. The molecule has 6 rings (SSSR count). The minimum absolute atomic E-state index is 0.134. The number of hydrogen-bond acceptors (Lipinski definition) is 4. The molecule has 0 saturated carbocycles. The molecular weight excluding hydrogens is 472 g/mol. The van der Waals surface area contributed by atoms with Gasteiger partial charge in [-0.15, -0.1) is 0 Å². The molecule has 0 N–H and O–H groups in total. The number of rotatable bonds is 4. The van der Waals surface area contributed by atoms with Crippen LogP contribution in [0.1, 0.15) is 22.3 Å². The Balaban J connectivity index is 1.57. The summed E-state index contributed by atoms with van der Waals surface area (Å²) in [5.41, 5.74) is 2.39. The van der Waals surface area contributed by atoms with Gasteiger partial charge in [0.2, 0.25) is 0 Å². The molecule has 1 fully saturated rings. The van der Waals surface area contributed by atoms with Crippen molar-refractivity contribution in [3.05, 3.63) is 107 Å². The summed E-state index contributed by atoms with van der Waals surface area (Å²) in [7, 11) is 1.43. The summed E-state index contributed by atoms with van der Waals surface area (Å²) in [4.78, 5) is 2.30. The third-order valence-corrected chi connectivity index (χ3v) is 7.32. The number of benzene rings is 4. The molecule has 6 heteroatoms. The second kappa shape index (κ2) is 9.20. The molecule has 2 heterocycles. The quantitative estimate of drug-likeness (QED) is 0.316. The lowest BCUT2D eigenvalue weighted by Gasteiger charge is -2.38. The summed E-state index contributed by atoms with van der Waals surface area (Å²) in [6.45, 7) is 4.58. The summed E-state index contributed by atoms with van der Waals surface area (Å²) < 4.78 is 47.3. The van der Waals surface area contributed by atoms with Crippen LogP contribution in [0.5, 0.6) is 11.5 Å². The van der Waals surface area contributed by atoms with Crippen molar-refractivity contribution in [2.45, 2.75) is 12.5 Å². The summed E-state index contributed by atoms with van der Waals surface area (Å²) in [6, 6.07) is 20.0. The molecule has 0 amide bonds. The van der Waals surface area contributed by atoms with Crippen molar-refractivity contribution in [2.75, 3.05) is 38.3 Å². The highest BCUT2D eigenvalue weighted by Crippen LogP contribution is 2.47. The molecule has 2 aliphatic rings. The van der Waals surface area contributed by atoms with Gasteiger partial charge in [-0.2, -0.15) is 0 Å². The lowest BCUT2D eigenvalue weighted by molar-refractivity contribution is 0.122. The minimum atomic E-state index is -1.24. The van der Waals surface area contributed by atoms with E-state index < -0.39 is 11.4 Å². The molecule has 4 aromatic rings. The van der Waals surface area contributed by atoms with Gasteiger partial charge in [0.25, 0.3) is 0 Å². The predicted molar refractivity (Wildman–Crippen MR) is 142 cm³/mol. The van der Waals surface area contributed by atoms with Crippen LogP contribution in [0.15, 0.2) is 72.8 Å². The van der Waals surface area contributed by atoms with Gasteiger partial charge < -0.3 is 19.1 Å². The van der Waals surface area contributed by atoms with Crippen LogP contribution >= 0.6 is 0 Å². The number of aryl methyl sites for hydroxylation is 1. The molecule has 1 saturated heterocycles. The van der Waals surface area contributed by atoms with E-state index in [0.29, 0.717) is 35.7 Å². The molecule has 0 aromatic heterocycles. The van der Waals surface area contributed by atoms with Crippen molar-refractivity contribution in [3.8, 4) is 11.5 Å². The Morgan fingerprint density at radius 1 is 0.865 bits per heavy atom. The SMILES string of the molecule is COc1ccc(C2(c3ccc(C)c(F)c3)C=Cc3c(cc(N4CCOCC4)c4ccccc34)O2)cc1F. The number of fused-ring (bicyclic) bond motifs is 3. The van der Waals surface area contributed by atoms with Crippen LogP contribution in [-0.2, 0) is 10.3 Å². The fourth-order valence-electron chi connectivity index (χ4n) is 5.28. The van der Waals surface area contributed by atoms with Crippen LogP contribution in [0.3, 0.4) is 0 Å². The van der Waals surface area contributed by atoms with E-state index in [1.807, 2.05) is 36.4 Å². The van der Waals surface area contributed by atoms with Gasteiger partial charge in [0, 0.05) is 46.9 Å². The molecule has 4 aromatic carbocycles. The van der Waals surface area contributed by atoms with Crippen LogP contribution in [0.25, 0.3) is 16.8 Å². The highest BCUT2D eigenvalue weighted by molar-refractivity contribution is 6.02. The maximum Gasteiger partial charge on any atom is 0.178 e. The Morgan fingerprint density at radius 3 is 2.27 bits per heavy atom. The number of halogens is 2. The topological polar surface area (TPSA) is 30.9 Å². The molecule has 0 aliphatic carbocycles. The van der Waals surface area contributed by atoms with Crippen molar-refractivity contribution >= 4 is 22.5 Å². The van der Waals surface area contributed by atoms with E-state index >= 15 is 0 Å². The number of ether oxygens (including phenoxy) is 3. The summed E-state index contributed by atoms with van der Waals surface area (Å²) in [5.74, 6) is -0.0712. The van der Waals surface area contributed by atoms with E-state index in [2.05, 4.69) is 17.0 Å². The van der Waals surface area contributed by atoms with Crippen LogP contribution < -0.4 is 14.4 Å². The standard InChI is InChI=1S/C31H27F2NO3/c1-20-7-8-21(17-26(20)32)31(22-9-10-29(35-2)27(33)18-22)12-11-25-23-5-3-4-6-24(23)28(19-30(25)37-31)34-13-15-36-16-14-34/h3-12,17-19H,13-16H2,1-2H3. The molecule has 1 atom stereocenters. The average molecular weight is 500 g/mol. The largest absolute Gasteiger partial charge is 0.494 e. The molecule has 0 spiro atoms. The fraction of sp³-hybridized carbons (Fsp3) is 0.226. The molecule has 2 aliphatic heterocycles. The van der Waals surface area contributed by atoms with Crippen LogP contribution in [0.2, 0.25) is 0 Å². The first-order valence-corrected chi connectivity index (χ1v) is 12.4. The molecule has 0 radical (unpaired) electrons. The van der Waals surface area contributed by atoms with Gasteiger partial charge in [0.05, 0.1) is 20.3 Å². The van der Waals surface area contributed by atoms with Crippen LogP contribution in [-0.4, -0.2) is 33.4 Å². The molecular formula is C31H27F2NO3. The number of anilines is 1. The van der Waals surface area contributed by atoms with E-state index in [-0.39, 0.29) is 11.6 Å². The van der Waals surface area contributed by atoms with Gasteiger partial charge in [-0.1, -0.05) is 42.5 Å². The Bertz CT molecular complexity index is 1530. The highest BCUT2D eigenvalue weighted by Gasteiger charge is 2.39. The zero-order chi connectivity index (χ0) is 25.6. The van der Waals surface area contributed by atoms with E-state index in [1.165, 1.54) is 19.2 Å². The van der Waals surface area contributed by atoms with E-state index in [9.17, 15) is 8.78 Å². The number of nitrogens with zero attached hydrogens (tertiary/aromatic N) is 1. The molecule has 0 bridgehead atoms. The summed E-state index contributed by atoms with van der Waals surface area (Å²) >= 11 is 0. The van der Waals surface area contributed by atoms with Gasteiger partial charge in [-0.3, -0.25) is 0 Å². The summed E-state index contributed by atoms with van der Waals surface area (Å²) in [6.07, 6.45) is 3.89. The van der Waals surface area contributed by atoms with E-state index in [4.69, 9.17) is 14.2 Å². The lowest BCUT2D eigenvalue weighted by atomic mass is 9.82. The second-order valence-electron chi connectivity index (χ2n) is 9.44. The summed E-state index contributed by atoms with van der Waals surface area (Å²) in [5, 5.41) is 2.18. The van der Waals surface area contributed by atoms with Crippen molar-refractivity contribution in [3.63, 3.8) is 0 Å². The Hall–Kier alpha value is -3.90. The Morgan fingerprint density at radius 2 is 1.57 bits per heavy atom. The molecule has 188 valence electrons. The maximum absolute atomic E-state index is 14.9. The second-order valence-corrected chi connectivity index (χ2v) is 9.44. The predicted octanol–water partition coefficient (Wildman–Crippen LogP) is 6.62. The van der Waals surface area contributed by atoms with E-state index in [1.54, 1.807) is 25.1 Å². The minimum Gasteiger partial charge on any atom is -0.494 e. The number of hydrogen-bond donors (Lipinski definition) is 0. The zero-order valence-electron chi connectivity index (χ0n) is 20.8. The average Bonchev–Trinajstić information content (AvgIpc) is 2.94. The maximum atomic E-state index is 14.9. The number of morpholine rings is 1. The van der Waals surface area contributed by atoms with Crippen molar-refractivity contribution in [2.24, 2.45) is 0 Å². The fourth-order valence-corrected chi connectivity index (χ4v) is 5.28. The Labute approximate surface area is 214 Å². The monoisotopic (exact) mass is 499 g/mol. The third-order valence-electron chi connectivity index (χ3n) is 7.32. The lowest BCUT2D eigenvalue weighted by Crippen LogP contribution is -2.37. The smallest absolute Gasteiger partial charge is 0.178 e. The normalized spacial score (nSPS) is 19.0.